The highest BCUT2D eigenvalue weighted by molar-refractivity contribution is 5.79. The molecule has 0 unspecified atom stereocenters. The van der Waals surface area contributed by atoms with Crippen molar-refractivity contribution in [2.45, 2.75) is 45.7 Å². The van der Waals surface area contributed by atoms with Crippen LogP contribution in [0.2, 0.25) is 0 Å². The summed E-state index contributed by atoms with van der Waals surface area (Å²) in [5.74, 6) is 0.750. The van der Waals surface area contributed by atoms with Gasteiger partial charge in [-0.2, -0.15) is 5.10 Å². The predicted octanol–water partition coefficient (Wildman–Crippen LogP) is 3.56. The molecular formula is C21H29FN4O. The molecule has 0 bridgehead atoms. The van der Waals surface area contributed by atoms with E-state index < -0.39 is 0 Å². The fourth-order valence-corrected chi connectivity index (χ4v) is 4.00. The number of nitrogens with zero attached hydrogens (tertiary/aromatic N) is 3. The molecule has 3 rings (SSSR count). The molecule has 27 heavy (non-hydrogen) atoms. The molecule has 1 amide bonds. The van der Waals surface area contributed by atoms with E-state index in [4.69, 9.17) is 0 Å². The Morgan fingerprint density at radius 1 is 1.26 bits per heavy atom. The molecule has 2 heterocycles. The monoisotopic (exact) mass is 372 g/mol. The fourth-order valence-electron chi connectivity index (χ4n) is 4.00. The minimum Gasteiger partial charge on any atom is -0.338 e. The third kappa shape index (κ3) is 4.56. The Kier molecular flexibility index (Phi) is 5.95. The van der Waals surface area contributed by atoms with Gasteiger partial charge in [-0.1, -0.05) is 13.8 Å². The van der Waals surface area contributed by atoms with Gasteiger partial charge in [0.05, 0.1) is 17.9 Å². The molecule has 3 atom stereocenters. The fraction of sp³-hybridized carbons (Fsp3) is 0.524. The van der Waals surface area contributed by atoms with Crippen LogP contribution in [0.15, 0.2) is 36.7 Å². The minimum absolute atomic E-state index is 0.00504. The zero-order chi connectivity index (χ0) is 19.6. The van der Waals surface area contributed by atoms with E-state index in [1.807, 2.05) is 24.3 Å². The molecule has 6 heteroatoms. The molecule has 1 aliphatic heterocycles. The van der Waals surface area contributed by atoms with Crippen LogP contribution in [-0.4, -0.2) is 40.2 Å². The van der Waals surface area contributed by atoms with Crippen LogP contribution < -0.4 is 5.32 Å². The van der Waals surface area contributed by atoms with E-state index in [2.05, 4.69) is 31.2 Å². The van der Waals surface area contributed by atoms with Gasteiger partial charge >= 0.3 is 0 Å². The Morgan fingerprint density at radius 2 is 1.96 bits per heavy atom. The van der Waals surface area contributed by atoms with E-state index in [1.54, 1.807) is 16.8 Å². The van der Waals surface area contributed by atoms with Crippen molar-refractivity contribution in [2.24, 2.45) is 11.8 Å². The number of halogens is 1. The van der Waals surface area contributed by atoms with Crippen LogP contribution in [0.1, 0.15) is 45.2 Å². The topological polar surface area (TPSA) is 50.2 Å². The van der Waals surface area contributed by atoms with Gasteiger partial charge in [0, 0.05) is 43.7 Å². The number of carbonyl (C=O) groups is 1. The maximum atomic E-state index is 13.1. The summed E-state index contributed by atoms with van der Waals surface area (Å²) in [6.07, 6.45) is 5.42. The van der Waals surface area contributed by atoms with Crippen LogP contribution in [0.5, 0.6) is 0 Å². The SMILES string of the molecule is CC(C)C[C@@H](C)NC[C@@H]1CC(=O)N(C)[C@H]1c1cnn(-c2ccc(F)cc2)c1. The molecule has 0 aliphatic carbocycles. The second-order valence-electron chi connectivity index (χ2n) is 8.05. The Hall–Kier alpha value is -2.21. The molecule has 146 valence electrons. The maximum Gasteiger partial charge on any atom is 0.223 e. The van der Waals surface area contributed by atoms with Gasteiger partial charge in [-0.05, 0) is 43.5 Å². The molecule has 5 nitrogen and oxygen atoms in total. The van der Waals surface area contributed by atoms with Crippen molar-refractivity contribution in [2.75, 3.05) is 13.6 Å². The summed E-state index contributed by atoms with van der Waals surface area (Å²) in [6.45, 7) is 7.44. The molecule has 1 fully saturated rings. The first kappa shape index (κ1) is 19.5. The highest BCUT2D eigenvalue weighted by Gasteiger charge is 2.39. The first-order chi connectivity index (χ1) is 12.8. The van der Waals surface area contributed by atoms with Crippen molar-refractivity contribution < 1.29 is 9.18 Å². The quantitative estimate of drug-likeness (QED) is 0.809. The molecule has 0 radical (unpaired) electrons. The third-order valence-electron chi connectivity index (χ3n) is 5.28. The summed E-state index contributed by atoms with van der Waals surface area (Å²) in [5, 5.41) is 8.02. The Morgan fingerprint density at radius 3 is 2.63 bits per heavy atom. The van der Waals surface area contributed by atoms with Gasteiger partial charge in [-0.3, -0.25) is 4.79 Å². The molecule has 1 aromatic heterocycles. The Bertz CT molecular complexity index is 771. The molecule has 1 N–H and O–H groups in total. The summed E-state index contributed by atoms with van der Waals surface area (Å²) in [7, 11) is 1.86. The molecule has 2 aromatic rings. The molecule has 1 aliphatic rings. The van der Waals surface area contributed by atoms with Crippen molar-refractivity contribution in [3.8, 4) is 5.69 Å². The highest BCUT2D eigenvalue weighted by atomic mass is 19.1. The van der Waals surface area contributed by atoms with Crippen LogP contribution >= 0.6 is 0 Å². The lowest BCUT2D eigenvalue weighted by Crippen LogP contribution is -2.34. The smallest absolute Gasteiger partial charge is 0.223 e. The lowest BCUT2D eigenvalue weighted by Gasteiger charge is -2.25. The Labute approximate surface area is 160 Å². The number of hydrogen-bond acceptors (Lipinski definition) is 3. The molecule has 1 aromatic carbocycles. The maximum absolute atomic E-state index is 13.1. The summed E-state index contributed by atoms with van der Waals surface area (Å²) < 4.78 is 14.9. The zero-order valence-electron chi connectivity index (χ0n) is 16.5. The molecule has 0 spiro atoms. The lowest BCUT2D eigenvalue weighted by atomic mass is 9.95. The predicted molar refractivity (Wildman–Crippen MR) is 104 cm³/mol. The standard InChI is InChI=1S/C21H29FN4O/c1-14(2)9-15(3)23-11-16-10-20(27)25(4)21(16)17-12-24-26(13-17)19-7-5-18(22)6-8-19/h5-8,12-16,21,23H,9-11H2,1-4H3/t15-,16+,21-/m1/s1. The average molecular weight is 372 g/mol. The van der Waals surface area contributed by atoms with E-state index in [0.29, 0.717) is 18.4 Å². The molecular weight excluding hydrogens is 343 g/mol. The van der Waals surface area contributed by atoms with E-state index in [0.717, 1.165) is 24.2 Å². The van der Waals surface area contributed by atoms with Crippen molar-refractivity contribution in [1.82, 2.24) is 20.0 Å². The van der Waals surface area contributed by atoms with Crippen molar-refractivity contribution in [3.05, 3.63) is 48.0 Å². The van der Waals surface area contributed by atoms with Crippen molar-refractivity contribution >= 4 is 5.91 Å². The van der Waals surface area contributed by atoms with Gasteiger partial charge in [0.1, 0.15) is 5.82 Å². The summed E-state index contributed by atoms with van der Waals surface area (Å²) in [5.41, 5.74) is 1.81. The number of nitrogens with one attached hydrogen (secondary N) is 1. The van der Waals surface area contributed by atoms with Crippen molar-refractivity contribution in [3.63, 3.8) is 0 Å². The number of benzene rings is 1. The van der Waals surface area contributed by atoms with Crippen LogP contribution in [0.4, 0.5) is 4.39 Å². The second kappa shape index (κ2) is 8.21. The first-order valence-electron chi connectivity index (χ1n) is 9.64. The number of likely N-dealkylation sites (tertiary alicyclic amines) is 1. The minimum atomic E-state index is -0.270. The first-order valence-corrected chi connectivity index (χ1v) is 9.64. The summed E-state index contributed by atoms with van der Waals surface area (Å²) in [6, 6.07) is 6.67. The number of carbonyl (C=O) groups excluding carboxylic acids is 1. The third-order valence-corrected chi connectivity index (χ3v) is 5.28. The van der Waals surface area contributed by atoms with Crippen molar-refractivity contribution in [1.29, 1.82) is 0 Å². The van der Waals surface area contributed by atoms with Gasteiger partial charge in [0.15, 0.2) is 0 Å². The van der Waals surface area contributed by atoms with Crippen LogP contribution in [-0.2, 0) is 4.79 Å². The van der Waals surface area contributed by atoms with Gasteiger partial charge < -0.3 is 10.2 Å². The number of amides is 1. The Balaban J connectivity index is 1.74. The largest absolute Gasteiger partial charge is 0.338 e. The molecule has 0 saturated carbocycles. The van der Waals surface area contributed by atoms with E-state index >= 15 is 0 Å². The van der Waals surface area contributed by atoms with Crippen LogP contribution in [0, 0.1) is 17.7 Å². The van der Waals surface area contributed by atoms with Gasteiger partial charge in [-0.25, -0.2) is 9.07 Å². The number of hydrogen-bond donors (Lipinski definition) is 1. The number of rotatable bonds is 7. The number of aromatic nitrogens is 2. The second-order valence-corrected chi connectivity index (χ2v) is 8.05. The average Bonchev–Trinajstić information content (AvgIpc) is 3.18. The van der Waals surface area contributed by atoms with E-state index in [1.165, 1.54) is 12.1 Å². The lowest BCUT2D eigenvalue weighted by molar-refractivity contribution is -0.127. The van der Waals surface area contributed by atoms with E-state index in [9.17, 15) is 9.18 Å². The van der Waals surface area contributed by atoms with Gasteiger partial charge in [0.2, 0.25) is 5.91 Å². The molecule has 1 saturated heterocycles. The van der Waals surface area contributed by atoms with Crippen LogP contribution in [0.25, 0.3) is 5.69 Å². The summed E-state index contributed by atoms with van der Waals surface area (Å²) >= 11 is 0. The van der Waals surface area contributed by atoms with E-state index in [-0.39, 0.29) is 23.7 Å². The summed E-state index contributed by atoms with van der Waals surface area (Å²) in [4.78, 5) is 14.2. The highest BCUT2D eigenvalue weighted by Crippen LogP contribution is 2.36. The zero-order valence-corrected chi connectivity index (χ0v) is 16.5. The normalized spacial score (nSPS) is 21.3. The van der Waals surface area contributed by atoms with Crippen LogP contribution in [0.3, 0.4) is 0 Å². The van der Waals surface area contributed by atoms with Gasteiger partial charge in [-0.15, -0.1) is 0 Å². The van der Waals surface area contributed by atoms with Gasteiger partial charge in [0.25, 0.3) is 0 Å².